The van der Waals surface area contributed by atoms with Crippen LogP contribution in [0.3, 0.4) is 0 Å². The maximum absolute atomic E-state index is 13.5. The molecule has 0 aliphatic carbocycles. The molecule has 112 valence electrons. The lowest BCUT2D eigenvalue weighted by Crippen LogP contribution is -2.49. The molecular formula is C14H19F3N2O. The van der Waals surface area contributed by atoms with E-state index in [1.165, 1.54) is 11.0 Å². The Morgan fingerprint density at radius 1 is 1.25 bits per heavy atom. The van der Waals surface area contributed by atoms with Crippen LogP contribution in [0.15, 0.2) is 24.3 Å². The van der Waals surface area contributed by atoms with Gasteiger partial charge in [-0.2, -0.15) is 13.2 Å². The Balaban J connectivity index is 2.35. The Morgan fingerprint density at radius 2 is 1.90 bits per heavy atom. The van der Waals surface area contributed by atoms with Gasteiger partial charge in [-0.1, -0.05) is 18.2 Å². The highest BCUT2D eigenvalue weighted by Crippen LogP contribution is 2.41. The number of para-hydroxylation sites is 1. The molecule has 0 aromatic heterocycles. The molecule has 6 heteroatoms. The van der Waals surface area contributed by atoms with Crippen LogP contribution >= 0.6 is 0 Å². The predicted octanol–water partition coefficient (Wildman–Crippen LogP) is 2.59. The molecule has 1 aromatic rings. The molecule has 3 nitrogen and oxygen atoms in total. The number of nitrogens with zero attached hydrogens (tertiary/aromatic N) is 1. The van der Waals surface area contributed by atoms with E-state index >= 15 is 0 Å². The van der Waals surface area contributed by atoms with Crippen molar-refractivity contribution < 1.29 is 17.9 Å². The first kappa shape index (κ1) is 15.1. The number of halogens is 3. The molecule has 0 spiro atoms. The van der Waals surface area contributed by atoms with Crippen LogP contribution in [0.2, 0.25) is 0 Å². The highest BCUT2D eigenvalue weighted by molar-refractivity contribution is 5.37. The third-order valence-corrected chi connectivity index (χ3v) is 3.34. The number of rotatable bonds is 4. The molecule has 1 aliphatic rings. The molecular weight excluding hydrogens is 269 g/mol. The Morgan fingerprint density at radius 3 is 2.50 bits per heavy atom. The topological polar surface area (TPSA) is 24.5 Å². The molecule has 1 aliphatic heterocycles. The molecule has 20 heavy (non-hydrogen) atoms. The van der Waals surface area contributed by atoms with Crippen molar-refractivity contribution in [1.29, 1.82) is 0 Å². The van der Waals surface area contributed by atoms with Gasteiger partial charge in [-0.25, -0.2) is 0 Å². The summed E-state index contributed by atoms with van der Waals surface area (Å²) in [5.41, 5.74) is 0.198. The standard InChI is InChI=1S/C14H19F3N2O/c1-2-20-12-6-4-3-5-11(12)13(14(15,16)17)19-9-7-18-8-10-19/h3-6,13,18H,2,7-10H2,1H3/t13-/m0/s1. The zero-order chi connectivity index (χ0) is 14.6. The van der Waals surface area contributed by atoms with Crippen LogP contribution in [0.25, 0.3) is 0 Å². The first-order valence-electron chi connectivity index (χ1n) is 6.77. The Hall–Kier alpha value is -1.27. The van der Waals surface area contributed by atoms with Gasteiger partial charge in [0.2, 0.25) is 0 Å². The molecule has 1 aromatic carbocycles. The van der Waals surface area contributed by atoms with Gasteiger partial charge >= 0.3 is 6.18 Å². The average molecular weight is 288 g/mol. The minimum absolute atomic E-state index is 0.198. The van der Waals surface area contributed by atoms with Gasteiger partial charge in [0.05, 0.1) is 6.61 Å². The van der Waals surface area contributed by atoms with Crippen molar-refractivity contribution >= 4 is 0 Å². The van der Waals surface area contributed by atoms with E-state index in [9.17, 15) is 13.2 Å². The van der Waals surface area contributed by atoms with Gasteiger partial charge in [0.1, 0.15) is 11.8 Å². The first-order chi connectivity index (χ1) is 9.54. The number of hydrogen-bond acceptors (Lipinski definition) is 3. The van der Waals surface area contributed by atoms with E-state index in [1.807, 2.05) is 0 Å². The lowest BCUT2D eigenvalue weighted by molar-refractivity contribution is -0.188. The van der Waals surface area contributed by atoms with Gasteiger partial charge in [0.15, 0.2) is 0 Å². The normalized spacial score (nSPS) is 18.8. The zero-order valence-electron chi connectivity index (χ0n) is 11.4. The predicted molar refractivity (Wildman–Crippen MR) is 70.8 cm³/mol. The SMILES string of the molecule is CCOc1ccccc1[C@H](N1CCNCC1)C(F)(F)F. The Labute approximate surface area is 116 Å². The third-order valence-electron chi connectivity index (χ3n) is 3.34. The van der Waals surface area contributed by atoms with E-state index < -0.39 is 12.2 Å². The molecule has 1 saturated heterocycles. The summed E-state index contributed by atoms with van der Waals surface area (Å²) >= 11 is 0. The number of benzene rings is 1. The fourth-order valence-electron chi connectivity index (χ4n) is 2.51. The molecule has 0 amide bonds. The van der Waals surface area contributed by atoms with E-state index in [0.29, 0.717) is 38.5 Å². The molecule has 0 unspecified atom stereocenters. The van der Waals surface area contributed by atoms with Gasteiger partial charge in [0, 0.05) is 31.7 Å². The minimum atomic E-state index is -4.31. The molecule has 0 saturated carbocycles. The molecule has 1 fully saturated rings. The van der Waals surface area contributed by atoms with Crippen LogP contribution in [0.4, 0.5) is 13.2 Å². The molecule has 1 atom stereocenters. The highest BCUT2D eigenvalue weighted by atomic mass is 19.4. The largest absolute Gasteiger partial charge is 0.494 e. The van der Waals surface area contributed by atoms with E-state index in [4.69, 9.17) is 4.74 Å². The summed E-state index contributed by atoms with van der Waals surface area (Å²) in [4.78, 5) is 1.47. The van der Waals surface area contributed by atoms with Crippen molar-refractivity contribution in [2.24, 2.45) is 0 Å². The Kier molecular flexibility index (Phi) is 4.88. The van der Waals surface area contributed by atoms with Crippen molar-refractivity contribution in [1.82, 2.24) is 10.2 Å². The van der Waals surface area contributed by atoms with Crippen LogP contribution in [0.1, 0.15) is 18.5 Å². The molecule has 1 N–H and O–H groups in total. The summed E-state index contributed by atoms with van der Waals surface area (Å²) in [6.45, 7) is 4.02. The van der Waals surface area contributed by atoms with Gasteiger partial charge in [-0.3, -0.25) is 4.90 Å². The molecule has 0 bridgehead atoms. The Bertz CT molecular complexity index is 431. The first-order valence-corrected chi connectivity index (χ1v) is 6.77. The quantitative estimate of drug-likeness (QED) is 0.921. The summed E-state index contributed by atoms with van der Waals surface area (Å²) < 4.78 is 45.8. The van der Waals surface area contributed by atoms with Gasteiger partial charge in [-0.05, 0) is 13.0 Å². The molecule has 0 radical (unpaired) electrons. The number of alkyl halides is 3. The maximum Gasteiger partial charge on any atom is 0.408 e. The third kappa shape index (κ3) is 3.43. The smallest absolute Gasteiger partial charge is 0.408 e. The summed E-state index contributed by atoms with van der Waals surface area (Å²) in [5.74, 6) is 0.316. The molecule has 2 rings (SSSR count). The second-order valence-corrected chi connectivity index (χ2v) is 4.70. The van der Waals surface area contributed by atoms with Crippen LogP contribution < -0.4 is 10.1 Å². The van der Waals surface area contributed by atoms with Crippen LogP contribution in [-0.2, 0) is 0 Å². The van der Waals surface area contributed by atoms with Gasteiger partial charge < -0.3 is 10.1 Å². The number of ether oxygens (including phenoxy) is 1. The highest BCUT2D eigenvalue weighted by Gasteiger charge is 2.46. The minimum Gasteiger partial charge on any atom is -0.494 e. The van der Waals surface area contributed by atoms with Crippen molar-refractivity contribution in [3.05, 3.63) is 29.8 Å². The summed E-state index contributed by atoms with van der Waals surface area (Å²) in [7, 11) is 0. The average Bonchev–Trinajstić information content (AvgIpc) is 2.41. The van der Waals surface area contributed by atoms with E-state index in [-0.39, 0.29) is 5.56 Å². The number of piperazine rings is 1. The van der Waals surface area contributed by atoms with Gasteiger partial charge in [-0.15, -0.1) is 0 Å². The summed E-state index contributed by atoms with van der Waals surface area (Å²) in [5, 5.41) is 3.07. The number of hydrogen-bond donors (Lipinski definition) is 1. The van der Waals surface area contributed by atoms with Gasteiger partial charge in [0.25, 0.3) is 0 Å². The molecule has 1 heterocycles. The lowest BCUT2D eigenvalue weighted by Gasteiger charge is -2.36. The summed E-state index contributed by atoms with van der Waals surface area (Å²) in [6.07, 6.45) is -4.31. The monoisotopic (exact) mass is 288 g/mol. The van der Waals surface area contributed by atoms with Crippen molar-refractivity contribution in [2.45, 2.75) is 19.1 Å². The van der Waals surface area contributed by atoms with Crippen molar-refractivity contribution in [2.75, 3.05) is 32.8 Å². The van der Waals surface area contributed by atoms with Crippen molar-refractivity contribution in [3.63, 3.8) is 0 Å². The maximum atomic E-state index is 13.5. The fraction of sp³-hybridized carbons (Fsp3) is 0.571. The second kappa shape index (κ2) is 6.45. The van der Waals surface area contributed by atoms with E-state index in [2.05, 4.69) is 5.32 Å². The number of nitrogens with one attached hydrogen (secondary N) is 1. The van der Waals surface area contributed by atoms with E-state index in [0.717, 1.165) is 0 Å². The van der Waals surface area contributed by atoms with E-state index in [1.54, 1.807) is 25.1 Å². The van der Waals surface area contributed by atoms with Crippen molar-refractivity contribution in [3.8, 4) is 5.75 Å². The lowest BCUT2D eigenvalue weighted by atomic mass is 10.0. The fourth-order valence-corrected chi connectivity index (χ4v) is 2.51. The second-order valence-electron chi connectivity index (χ2n) is 4.70. The van der Waals surface area contributed by atoms with Crippen LogP contribution in [-0.4, -0.2) is 43.9 Å². The summed E-state index contributed by atoms with van der Waals surface area (Å²) in [6, 6.07) is 4.82. The zero-order valence-corrected chi connectivity index (χ0v) is 11.4. The van der Waals surface area contributed by atoms with Crippen LogP contribution in [0, 0.1) is 0 Å². The van der Waals surface area contributed by atoms with Crippen LogP contribution in [0.5, 0.6) is 5.75 Å².